The van der Waals surface area contributed by atoms with Crippen molar-refractivity contribution in [2.75, 3.05) is 21.7 Å². The van der Waals surface area contributed by atoms with Crippen LogP contribution < -0.4 is 14.7 Å². The summed E-state index contributed by atoms with van der Waals surface area (Å²) in [5.74, 6) is 0. The fraction of sp³-hybridized carbons (Fsp3) is 0.143. The Kier molecular flexibility index (Phi) is 14.6. The van der Waals surface area contributed by atoms with Crippen LogP contribution in [-0.4, -0.2) is 61.6 Å². The molecule has 0 aliphatic carbocycles. The number of aryl methyl sites for hydroxylation is 3. The molecule has 20 aromatic rings. The molecule has 0 radical (unpaired) electrons. The van der Waals surface area contributed by atoms with E-state index in [2.05, 4.69) is 444 Å². The first-order valence-corrected chi connectivity index (χ1v) is 40.9. The minimum Gasteiger partial charge on any atom is -0.455 e. The van der Waals surface area contributed by atoms with Gasteiger partial charge in [-0.25, -0.2) is 0 Å². The Bertz CT molecular complexity index is 7690. The predicted octanol–water partition coefficient (Wildman–Crippen LogP) is 26.0. The zero-order valence-electron chi connectivity index (χ0n) is 67.3. The Hall–Kier alpha value is -14.1. The van der Waals surface area contributed by atoms with Gasteiger partial charge in [0.25, 0.3) is 0 Å². The molecule has 568 valence electrons. The summed E-state index contributed by atoms with van der Waals surface area (Å²) in [5.41, 5.74) is 27.5. The van der Waals surface area contributed by atoms with Gasteiger partial charge in [-0.05, 0) is 218 Å². The summed E-state index contributed by atoms with van der Waals surface area (Å²) in [6.45, 7) is 22.2. The third kappa shape index (κ3) is 9.81. The lowest BCUT2D eigenvalue weighted by molar-refractivity contribution is 0.202. The molecule has 23 rings (SSSR count). The van der Waals surface area contributed by atoms with Gasteiger partial charge in [0.05, 0.1) is 66.2 Å². The number of anilines is 3. The van der Waals surface area contributed by atoms with Crippen molar-refractivity contribution in [1.82, 2.24) is 37.5 Å². The van der Waals surface area contributed by atoms with Crippen LogP contribution in [0.5, 0.6) is 0 Å². The average molecular weight is 1520 g/mol. The highest BCUT2D eigenvalue weighted by Gasteiger charge is 2.41. The lowest BCUT2D eigenvalue weighted by atomic mass is 10.0. The highest BCUT2D eigenvalue weighted by Crippen LogP contribution is 2.52. The lowest BCUT2D eigenvalue weighted by Crippen LogP contribution is -2.48. The monoisotopic (exact) mass is 1520 g/mol. The molecule has 117 heavy (non-hydrogen) atoms. The number of hydrogen-bond donors (Lipinski definition) is 0. The largest absolute Gasteiger partial charge is 0.455 e. The molecule has 3 aliphatic heterocycles. The zero-order chi connectivity index (χ0) is 78.8. The van der Waals surface area contributed by atoms with Crippen molar-refractivity contribution in [1.29, 1.82) is 0 Å². The van der Waals surface area contributed by atoms with Gasteiger partial charge < -0.3 is 56.7 Å². The number of fused-ring (bicyclic) bond motifs is 21. The van der Waals surface area contributed by atoms with Crippen LogP contribution in [-0.2, 0) is 13.1 Å². The summed E-state index contributed by atoms with van der Waals surface area (Å²) < 4.78 is 19.4. The zero-order valence-corrected chi connectivity index (χ0v) is 67.3. The molecule has 9 heterocycles. The first-order valence-electron chi connectivity index (χ1n) is 40.9. The number of hydrogen-bond acceptors (Lipinski definition) is 7. The fourth-order valence-electron chi connectivity index (χ4n) is 20.3. The minimum atomic E-state index is -0.472. The summed E-state index contributed by atoms with van der Waals surface area (Å²) in [6.07, 6.45) is 13.6. The summed E-state index contributed by atoms with van der Waals surface area (Å²) in [4.78, 5) is 14.7. The van der Waals surface area contributed by atoms with Crippen molar-refractivity contribution in [3.63, 3.8) is 0 Å². The summed E-state index contributed by atoms with van der Waals surface area (Å²) in [5, 5.41) is 14.3. The van der Waals surface area contributed by atoms with Gasteiger partial charge >= 0.3 is 0 Å². The highest BCUT2D eigenvalue weighted by molar-refractivity contribution is 6.29. The molecular formula is C105H87N11O. The van der Waals surface area contributed by atoms with Crippen LogP contribution in [0, 0.1) is 20.8 Å². The molecular weight excluding hydrogens is 1430 g/mol. The van der Waals surface area contributed by atoms with Crippen molar-refractivity contribution >= 4 is 148 Å². The van der Waals surface area contributed by atoms with Gasteiger partial charge in [-0.3, -0.25) is 0 Å². The summed E-state index contributed by atoms with van der Waals surface area (Å²) in [6, 6.07) is 106. The van der Waals surface area contributed by atoms with Crippen LogP contribution in [0.3, 0.4) is 0 Å². The molecule has 0 bridgehead atoms. The molecule has 0 saturated heterocycles. The van der Waals surface area contributed by atoms with Gasteiger partial charge in [0, 0.05) is 156 Å². The summed E-state index contributed by atoms with van der Waals surface area (Å²) in [7, 11) is 2.15. The highest BCUT2D eigenvalue weighted by atomic mass is 16.3. The van der Waals surface area contributed by atoms with Crippen LogP contribution in [0.4, 0.5) is 17.1 Å². The standard InChI is InChI=1S/C105H87N11O/c1-66-41-46-80-79-48-51-87-95(82-37-21-24-39-86(82)112(87)71-28-14-11-15-29-71)100(79)116(73-32-18-13-19-33-73)101(80)98(66)111-58-55-107(105(111,8)9)64-69-42-44-74(45-43-69)113-88-50-47-78-76-35-20-23-38-85(76)115(72-30-16-12-17-31-72)99(78)96(88)83-62-91(68(3)59-92(83)113)110-57-54-108(104(110,6)7)65-70-27-26-34-75(61-70)114-89-52-49-81-77-36-22-25-40-94(77)117-102(81)97(89)84-63-90(67(2)60-93(84)114)109-56-53-106(10)103(109,4)5/h11-63H,64-65H2,1-10H3. The van der Waals surface area contributed by atoms with E-state index in [4.69, 9.17) is 4.42 Å². The van der Waals surface area contributed by atoms with E-state index in [1.807, 2.05) is 0 Å². The second-order valence-corrected chi connectivity index (χ2v) is 34.0. The molecule has 0 saturated carbocycles. The van der Waals surface area contributed by atoms with E-state index in [-0.39, 0.29) is 5.66 Å². The average Bonchev–Trinajstić information content (AvgIpc) is 1.54. The number of rotatable bonds is 12. The van der Waals surface area contributed by atoms with E-state index < -0.39 is 11.3 Å². The molecule has 0 N–H and O–H groups in total. The number of nitrogens with zero attached hydrogens (tertiary/aromatic N) is 11. The first kappa shape index (κ1) is 68.5. The van der Waals surface area contributed by atoms with Crippen molar-refractivity contribution in [2.24, 2.45) is 0 Å². The van der Waals surface area contributed by atoms with Gasteiger partial charge in [0.15, 0.2) is 0 Å². The van der Waals surface area contributed by atoms with E-state index in [1.165, 1.54) is 115 Å². The van der Waals surface area contributed by atoms with E-state index >= 15 is 0 Å². The molecule has 0 amide bonds. The lowest BCUT2D eigenvalue weighted by Gasteiger charge is -2.41. The maximum atomic E-state index is 6.90. The Morgan fingerprint density at radius 3 is 1.38 bits per heavy atom. The van der Waals surface area contributed by atoms with Gasteiger partial charge in [0.1, 0.15) is 28.2 Å². The van der Waals surface area contributed by atoms with Crippen molar-refractivity contribution < 1.29 is 4.42 Å². The van der Waals surface area contributed by atoms with Crippen LogP contribution >= 0.6 is 0 Å². The Morgan fingerprint density at radius 1 is 0.274 bits per heavy atom. The number of benzene rings is 14. The van der Waals surface area contributed by atoms with Gasteiger partial charge in [-0.15, -0.1) is 0 Å². The van der Waals surface area contributed by atoms with E-state index in [0.717, 1.165) is 88.9 Å². The van der Waals surface area contributed by atoms with Crippen molar-refractivity contribution in [3.05, 3.63) is 350 Å². The van der Waals surface area contributed by atoms with Crippen LogP contribution in [0.15, 0.2) is 327 Å². The SMILES string of the molecule is Cc1cc2c(cc1N1C=CN(C)C1(C)C)c1c3oc4ccccc4c3ccc1n2-c1cccc(CN2C=CN(c3cc4c5c(ccc6c7ccccc7n(-c7ccccc7)c65)n(-c5ccc(CN6C=CN(c7c(C)ccc8c9ccc%10c(c%11ccccc%11n%10-c%10ccccc%10)c9n(-c9ccccc9)c78)C6(C)C)cc5)c4cc3C)C2(C)C)c1. The molecule has 14 aromatic carbocycles. The Labute approximate surface area is 678 Å². The molecule has 0 spiro atoms. The minimum absolute atomic E-state index is 0.248. The molecule has 0 fully saturated rings. The maximum Gasteiger partial charge on any atom is 0.145 e. The second-order valence-electron chi connectivity index (χ2n) is 34.0. The van der Waals surface area contributed by atoms with Gasteiger partial charge in [-0.2, -0.15) is 0 Å². The first-order chi connectivity index (χ1) is 57.0. The third-order valence-electron chi connectivity index (χ3n) is 26.5. The normalized spacial score (nSPS) is 15.3. The predicted molar refractivity (Wildman–Crippen MR) is 488 cm³/mol. The van der Waals surface area contributed by atoms with E-state index in [9.17, 15) is 0 Å². The van der Waals surface area contributed by atoms with E-state index in [0.29, 0.717) is 13.1 Å². The van der Waals surface area contributed by atoms with Crippen LogP contribution in [0.2, 0.25) is 0 Å². The Morgan fingerprint density at radius 2 is 0.726 bits per heavy atom. The fourth-order valence-corrected chi connectivity index (χ4v) is 20.3. The van der Waals surface area contributed by atoms with Crippen molar-refractivity contribution in [2.45, 2.75) is 92.4 Å². The molecule has 0 unspecified atom stereocenters. The van der Waals surface area contributed by atoms with Crippen molar-refractivity contribution in [3.8, 4) is 28.4 Å². The molecule has 12 heteroatoms. The maximum absolute atomic E-state index is 6.90. The number of para-hydroxylation sites is 6. The molecule has 3 aliphatic rings. The topological polar surface area (TPSA) is 57.2 Å². The van der Waals surface area contributed by atoms with Gasteiger partial charge in [-0.1, -0.05) is 158 Å². The quantitative estimate of drug-likeness (QED) is 0.121. The molecule has 6 aromatic heterocycles. The third-order valence-corrected chi connectivity index (χ3v) is 26.5. The molecule has 12 nitrogen and oxygen atoms in total. The summed E-state index contributed by atoms with van der Waals surface area (Å²) >= 11 is 0. The van der Waals surface area contributed by atoms with Gasteiger partial charge in [0.2, 0.25) is 0 Å². The number of aromatic nitrogens is 5. The number of furan rings is 1. The smallest absolute Gasteiger partial charge is 0.145 e. The van der Waals surface area contributed by atoms with Crippen LogP contribution in [0.1, 0.15) is 69.4 Å². The van der Waals surface area contributed by atoms with E-state index in [1.54, 1.807) is 0 Å². The second kappa shape index (κ2) is 25.0. The molecule has 0 atom stereocenters. The Balaban J connectivity index is 0.606. The van der Waals surface area contributed by atoms with Crippen LogP contribution in [0.25, 0.3) is 159 Å².